The third-order valence-electron chi connectivity index (χ3n) is 4.51. The maximum Gasteiger partial charge on any atom is 0.00747 e. The van der Waals surface area contributed by atoms with Gasteiger partial charge in [-0.2, -0.15) is 0 Å². The topological polar surface area (TPSA) is 12.0 Å². The van der Waals surface area contributed by atoms with Gasteiger partial charge in [0.2, 0.25) is 0 Å². The smallest absolute Gasteiger partial charge is 0.00747 e. The average molecular weight is 209 g/mol. The normalized spacial score (nSPS) is 42.0. The van der Waals surface area contributed by atoms with Crippen LogP contribution in [0.4, 0.5) is 0 Å². The van der Waals surface area contributed by atoms with Crippen molar-refractivity contribution >= 4 is 0 Å². The van der Waals surface area contributed by atoms with E-state index in [4.69, 9.17) is 0 Å². The summed E-state index contributed by atoms with van der Waals surface area (Å²) in [6.07, 6.45) is 11.5. The predicted octanol–water partition coefficient (Wildman–Crippen LogP) is 3.73. The van der Waals surface area contributed by atoms with E-state index in [-0.39, 0.29) is 0 Å². The highest BCUT2D eigenvalue weighted by atomic mass is 15.0. The fraction of sp³-hybridized carbons (Fsp3) is 1.00. The SMILES string of the molecule is CCC1CCCC(NC2CC(C)C2)CC1. The molecule has 1 heteroatoms. The van der Waals surface area contributed by atoms with E-state index in [0.29, 0.717) is 0 Å². The van der Waals surface area contributed by atoms with Gasteiger partial charge in [-0.1, -0.05) is 33.1 Å². The van der Waals surface area contributed by atoms with Crippen LogP contribution < -0.4 is 5.32 Å². The van der Waals surface area contributed by atoms with Crippen molar-refractivity contribution in [2.75, 3.05) is 0 Å². The lowest BCUT2D eigenvalue weighted by Crippen LogP contribution is -2.45. The molecule has 0 saturated heterocycles. The van der Waals surface area contributed by atoms with E-state index in [1.165, 1.54) is 51.4 Å². The lowest BCUT2D eigenvalue weighted by atomic mass is 9.81. The van der Waals surface area contributed by atoms with Crippen molar-refractivity contribution in [3.63, 3.8) is 0 Å². The minimum atomic E-state index is 0.846. The van der Waals surface area contributed by atoms with Crippen LogP contribution in [0.3, 0.4) is 0 Å². The van der Waals surface area contributed by atoms with Crippen LogP contribution in [-0.2, 0) is 0 Å². The molecule has 0 aliphatic heterocycles. The molecule has 0 amide bonds. The Kier molecular flexibility index (Phi) is 4.07. The van der Waals surface area contributed by atoms with E-state index in [2.05, 4.69) is 19.2 Å². The molecule has 2 rings (SSSR count). The molecule has 0 heterocycles. The van der Waals surface area contributed by atoms with Gasteiger partial charge in [0.15, 0.2) is 0 Å². The molecule has 0 spiro atoms. The molecule has 2 atom stereocenters. The molecule has 0 bridgehead atoms. The first-order chi connectivity index (χ1) is 7.28. The van der Waals surface area contributed by atoms with Crippen LogP contribution in [0, 0.1) is 11.8 Å². The van der Waals surface area contributed by atoms with Crippen molar-refractivity contribution in [2.45, 2.75) is 77.3 Å². The van der Waals surface area contributed by atoms with Crippen LogP contribution in [-0.4, -0.2) is 12.1 Å². The average Bonchev–Trinajstić information content (AvgIpc) is 2.41. The van der Waals surface area contributed by atoms with Gasteiger partial charge in [0.25, 0.3) is 0 Å². The second-order valence-corrected chi connectivity index (χ2v) is 5.92. The Morgan fingerprint density at radius 1 is 1.00 bits per heavy atom. The van der Waals surface area contributed by atoms with Crippen LogP contribution in [0.25, 0.3) is 0 Å². The summed E-state index contributed by atoms with van der Waals surface area (Å²) in [5.41, 5.74) is 0. The standard InChI is InChI=1S/C14H27N/c1-3-12-5-4-6-13(8-7-12)15-14-9-11(2)10-14/h11-15H,3-10H2,1-2H3. The molecule has 1 N–H and O–H groups in total. The van der Waals surface area contributed by atoms with Crippen molar-refractivity contribution in [2.24, 2.45) is 11.8 Å². The third-order valence-corrected chi connectivity index (χ3v) is 4.51. The zero-order valence-electron chi connectivity index (χ0n) is 10.5. The molecule has 2 fully saturated rings. The van der Waals surface area contributed by atoms with Crippen LogP contribution in [0.5, 0.6) is 0 Å². The van der Waals surface area contributed by atoms with Crippen LogP contribution in [0.15, 0.2) is 0 Å². The Balaban J connectivity index is 1.69. The van der Waals surface area contributed by atoms with Gasteiger partial charge in [-0.05, 0) is 43.9 Å². The van der Waals surface area contributed by atoms with Gasteiger partial charge >= 0.3 is 0 Å². The van der Waals surface area contributed by atoms with Crippen molar-refractivity contribution in [1.82, 2.24) is 5.32 Å². The van der Waals surface area contributed by atoms with Gasteiger partial charge in [0, 0.05) is 12.1 Å². The number of hydrogen-bond acceptors (Lipinski definition) is 1. The summed E-state index contributed by atoms with van der Waals surface area (Å²) < 4.78 is 0. The lowest BCUT2D eigenvalue weighted by molar-refractivity contribution is 0.214. The molecule has 0 aromatic heterocycles. The molecule has 15 heavy (non-hydrogen) atoms. The van der Waals surface area contributed by atoms with Crippen LogP contribution in [0.2, 0.25) is 0 Å². The molecule has 0 radical (unpaired) electrons. The van der Waals surface area contributed by atoms with E-state index < -0.39 is 0 Å². The number of hydrogen-bond donors (Lipinski definition) is 1. The number of rotatable bonds is 3. The molecule has 2 aliphatic carbocycles. The summed E-state index contributed by atoms with van der Waals surface area (Å²) in [4.78, 5) is 0. The third kappa shape index (κ3) is 3.21. The van der Waals surface area contributed by atoms with Gasteiger partial charge in [0.05, 0.1) is 0 Å². The molecule has 0 aromatic rings. The first-order valence-corrected chi connectivity index (χ1v) is 7.04. The Hall–Kier alpha value is -0.0400. The van der Waals surface area contributed by atoms with Gasteiger partial charge in [0.1, 0.15) is 0 Å². The first kappa shape index (κ1) is 11.4. The first-order valence-electron chi connectivity index (χ1n) is 7.04. The largest absolute Gasteiger partial charge is 0.311 e. The zero-order valence-corrected chi connectivity index (χ0v) is 10.5. The Bertz CT molecular complexity index is 184. The summed E-state index contributed by atoms with van der Waals surface area (Å²) >= 11 is 0. The highest BCUT2D eigenvalue weighted by molar-refractivity contribution is 4.86. The summed E-state index contributed by atoms with van der Waals surface area (Å²) in [5.74, 6) is 2.01. The maximum absolute atomic E-state index is 3.87. The second-order valence-electron chi connectivity index (χ2n) is 5.92. The molecule has 0 aromatic carbocycles. The zero-order chi connectivity index (χ0) is 10.7. The summed E-state index contributed by atoms with van der Waals surface area (Å²) in [6.45, 7) is 4.73. The minimum absolute atomic E-state index is 0.846. The molecule has 2 saturated carbocycles. The van der Waals surface area contributed by atoms with E-state index in [0.717, 1.165) is 23.9 Å². The fourth-order valence-electron chi connectivity index (χ4n) is 3.33. The lowest BCUT2D eigenvalue weighted by Gasteiger charge is -2.36. The Morgan fingerprint density at radius 3 is 2.47 bits per heavy atom. The summed E-state index contributed by atoms with van der Waals surface area (Å²) in [6, 6.07) is 1.71. The second kappa shape index (κ2) is 5.34. The van der Waals surface area contributed by atoms with Crippen molar-refractivity contribution in [1.29, 1.82) is 0 Å². The van der Waals surface area contributed by atoms with Crippen LogP contribution in [0.1, 0.15) is 65.2 Å². The summed E-state index contributed by atoms with van der Waals surface area (Å²) in [5, 5.41) is 3.87. The minimum Gasteiger partial charge on any atom is -0.311 e. The summed E-state index contributed by atoms with van der Waals surface area (Å²) in [7, 11) is 0. The predicted molar refractivity (Wildman–Crippen MR) is 66.0 cm³/mol. The van der Waals surface area contributed by atoms with Gasteiger partial charge < -0.3 is 5.32 Å². The molecule has 1 nitrogen and oxygen atoms in total. The molecule has 2 aliphatic rings. The quantitative estimate of drug-likeness (QED) is 0.698. The van der Waals surface area contributed by atoms with Gasteiger partial charge in [-0.3, -0.25) is 0 Å². The van der Waals surface area contributed by atoms with Crippen LogP contribution >= 0.6 is 0 Å². The highest BCUT2D eigenvalue weighted by Crippen LogP contribution is 2.30. The molecule has 2 unspecified atom stereocenters. The fourth-order valence-corrected chi connectivity index (χ4v) is 3.33. The molecule has 88 valence electrons. The Labute approximate surface area is 95.0 Å². The monoisotopic (exact) mass is 209 g/mol. The number of nitrogens with one attached hydrogen (secondary N) is 1. The maximum atomic E-state index is 3.87. The van der Waals surface area contributed by atoms with Crippen molar-refractivity contribution in [3.05, 3.63) is 0 Å². The van der Waals surface area contributed by atoms with E-state index in [1.807, 2.05) is 0 Å². The van der Waals surface area contributed by atoms with Crippen molar-refractivity contribution < 1.29 is 0 Å². The molecular formula is C14H27N. The molecular weight excluding hydrogens is 182 g/mol. The highest BCUT2D eigenvalue weighted by Gasteiger charge is 2.28. The van der Waals surface area contributed by atoms with Gasteiger partial charge in [-0.25, -0.2) is 0 Å². The van der Waals surface area contributed by atoms with Crippen molar-refractivity contribution in [3.8, 4) is 0 Å². The van der Waals surface area contributed by atoms with E-state index >= 15 is 0 Å². The van der Waals surface area contributed by atoms with E-state index in [9.17, 15) is 0 Å². The Morgan fingerprint density at radius 2 is 1.80 bits per heavy atom. The van der Waals surface area contributed by atoms with Gasteiger partial charge in [-0.15, -0.1) is 0 Å². The van der Waals surface area contributed by atoms with E-state index in [1.54, 1.807) is 0 Å².